The van der Waals surface area contributed by atoms with Crippen LogP contribution in [0.5, 0.6) is 0 Å². The first-order valence-corrected chi connectivity index (χ1v) is 9.22. The van der Waals surface area contributed by atoms with E-state index in [4.69, 9.17) is 0 Å². The summed E-state index contributed by atoms with van der Waals surface area (Å²) in [5.74, 6) is 0.654. The number of benzene rings is 1. The number of hydrogen-bond donors (Lipinski definition) is 4. The average molecular weight is 356 g/mol. The number of aromatic nitrogens is 2. The molecule has 0 spiro atoms. The zero-order chi connectivity index (χ0) is 17.9. The van der Waals surface area contributed by atoms with E-state index < -0.39 is 0 Å². The number of nitrogens with one attached hydrogen (secondary N) is 4. The molecule has 1 amide bonds. The van der Waals surface area contributed by atoms with Crippen LogP contribution in [0.25, 0.3) is 10.9 Å². The van der Waals surface area contributed by atoms with Gasteiger partial charge in [0.15, 0.2) is 0 Å². The third-order valence-electron chi connectivity index (χ3n) is 5.09. The van der Waals surface area contributed by atoms with Crippen LogP contribution in [0, 0.1) is 5.92 Å². The molecule has 8 nitrogen and oxygen atoms in total. The average Bonchev–Trinajstić information content (AvgIpc) is 2.69. The molecule has 2 aliphatic heterocycles. The minimum atomic E-state index is -0.179. The summed E-state index contributed by atoms with van der Waals surface area (Å²) in [5.41, 5.74) is 1.10. The van der Waals surface area contributed by atoms with Crippen LogP contribution >= 0.6 is 0 Å². The number of carbonyl (C=O) groups is 1. The second kappa shape index (κ2) is 7.43. The number of nitrogens with zero attached hydrogens (tertiary/aromatic N) is 2. The maximum absolute atomic E-state index is 12.5. The smallest absolute Gasteiger partial charge is 0.260 e. The van der Waals surface area contributed by atoms with Gasteiger partial charge in [0.25, 0.3) is 5.56 Å². The van der Waals surface area contributed by atoms with Gasteiger partial charge in [-0.3, -0.25) is 14.6 Å². The van der Waals surface area contributed by atoms with Gasteiger partial charge >= 0.3 is 0 Å². The lowest BCUT2D eigenvalue weighted by atomic mass is 9.97. The molecule has 3 heterocycles. The highest BCUT2D eigenvalue weighted by atomic mass is 16.2. The third kappa shape index (κ3) is 3.56. The molecule has 2 saturated heterocycles. The van der Waals surface area contributed by atoms with Gasteiger partial charge in [0.1, 0.15) is 0 Å². The summed E-state index contributed by atoms with van der Waals surface area (Å²) in [5, 5.41) is 9.97. The molecule has 8 heteroatoms. The summed E-state index contributed by atoms with van der Waals surface area (Å²) in [6, 6.07) is 5.32. The van der Waals surface area contributed by atoms with Gasteiger partial charge in [-0.15, -0.1) is 0 Å². The number of aromatic amines is 1. The van der Waals surface area contributed by atoms with Crippen LogP contribution in [0.2, 0.25) is 0 Å². The zero-order valence-corrected chi connectivity index (χ0v) is 14.7. The molecule has 26 heavy (non-hydrogen) atoms. The molecular weight excluding hydrogens is 332 g/mol. The summed E-state index contributed by atoms with van der Waals surface area (Å²) in [6.45, 7) is 5.13. The van der Waals surface area contributed by atoms with E-state index in [1.807, 2.05) is 6.07 Å². The van der Waals surface area contributed by atoms with Crippen molar-refractivity contribution >= 4 is 28.4 Å². The Balaban J connectivity index is 1.56. The Bertz CT molecular complexity index is 852. The van der Waals surface area contributed by atoms with Crippen molar-refractivity contribution in [2.24, 2.45) is 5.92 Å². The Hall–Kier alpha value is -2.45. The van der Waals surface area contributed by atoms with Crippen LogP contribution in [0.3, 0.4) is 0 Å². The van der Waals surface area contributed by atoms with E-state index in [-0.39, 0.29) is 17.4 Å². The number of H-pyrrole nitrogens is 1. The van der Waals surface area contributed by atoms with Crippen molar-refractivity contribution in [3.63, 3.8) is 0 Å². The highest BCUT2D eigenvalue weighted by Gasteiger charge is 2.21. The number of fused-ring (bicyclic) bond motifs is 1. The van der Waals surface area contributed by atoms with E-state index in [0.717, 1.165) is 52.1 Å². The van der Waals surface area contributed by atoms with Crippen LogP contribution in [0.4, 0.5) is 11.6 Å². The molecule has 0 radical (unpaired) electrons. The lowest BCUT2D eigenvalue weighted by Crippen LogP contribution is -2.44. The fraction of sp³-hybridized carbons (Fsp3) is 0.500. The van der Waals surface area contributed by atoms with Gasteiger partial charge in [0, 0.05) is 37.8 Å². The van der Waals surface area contributed by atoms with Crippen LogP contribution in [0.15, 0.2) is 23.0 Å². The summed E-state index contributed by atoms with van der Waals surface area (Å²) >= 11 is 0. The largest absolute Gasteiger partial charge is 0.340 e. The maximum Gasteiger partial charge on any atom is 0.260 e. The Labute approximate surface area is 151 Å². The van der Waals surface area contributed by atoms with E-state index in [0.29, 0.717) is 22.5 Å². The number of hydrogen-bond acceptors (Lipinski definition) is 6. The fourth-order valence-electron chi connectivity index (χ4n) is 3.56. The van der Waals surface area contributed by atoms with Crippen molar-refractivity contribution in [3.05, 3.63) is 28.6 Å². The quantitative estimate of drug-likeness (QED) is 0.630. The van der Waals surface area contributed by atoms with Crippen molar-refractivity contribution in [2.45, 2.75) is 12.8 Å². The van der Waals surface area contributed by atoms with Crippen LogP contribution in [-0.2, 0) is 4.79 Å². The second-order valence-electron chi connectivity index (χ2n) is 6.87. The number of amides is 1. The Morgan fingerprint density at radius 1 is 1.12 bits per heavy atom. The molecule has 2 fully saturated rings. The molecule has 4 N–H and O–H groups in total. The molecule has 0 unspecified atom stereocenters. The second-order valence-corrected chi connectivity index (χ2v) is 6.87. The molecule has 0 bridgehead atoms. The maximum atomic E-state index is 12.5. The Morgan fingerprint density at radius 3 is 2.62 bits per heavy atom. The van der Waals surface area contributed by atoms with Crippen molar-refractivity contribution in [1.82, 2.24) is 20.6 Å². The summed E-state index contributed by atoms with van der Waals surface area (Å²) in [4.78, 5) is 34.5. The molecule has 0 atom stereocenters. The summed E-state index contributed by atoms with van der Waals surface area (Å²) in [7, 11) is 0. The van der Waals surface area contributed by atoms with Gasteiger partial charge in [-0.1, -0.05) is 0 Å². The molecular formula is C18H24N6O2. The number of carbonyl (C=O) groups excluding carboxylic acids is 1. The predicted octanol–water partition coefficient (Wildman–Crippen LogP) is 0.271. The molecule has 1 aromatic heterocycles. The molecule has 0 aliphatic carbocycles. The van der Waals surface area contributed by atoms with Gasteiger partial charge in [0.05, 0.1) is 10.9 Å². The van der Waals surface area contributed by atoms with Gasteiger partial charge in [-0.25, -0.2) is 4.98 Å². The zero-order valence-electron chi connectivity index (χ0n) is 14.7. The molecule has 0 saturated carbocycles. The van der Waals surface area contributed by atoms with Crippen LogP contribution in [0.1, 0.15) is 12.8 Å². The van der Waals surface area contributed by atoms with Gasteiger partial charge in [-0.05, 0) is 44.1 Å². The van der Waals surface area contributed by atoms with Crippen molar-refractivity contribution in [1.29, 1.82) is 0 Å². The van der Waals surface area contributed by atoms with Crippen molar-refractivity contribution < 1.29 is 4.79 Å². The predicted molar refractivity (Wildman–Crippen MR) is 102 cm³/mol. The number of anilines is 2. The standard InChI is InChI=1S/C18H24N6O2/c25-16(12-3-5-19-6-4-12)21-13-1-2-15-14(11-13)17(26)23-18(22-15)24-9-7-20-8-10-24/h1-2,11-12,19-20H,3-10H2,(H,21,25)(H,22,23,26). The molecule has 2 aromatic rings. The summed E-state index contributed by atoms with van der Waals surface area (Å²) < 4.78 is 0. The lowest BCUT2D eigenvalue weighted by Gasteiger charge is -2.27. The first kappa shape index (κ1) is 17.0. The van der Waals surface area contributed by atoms with Crippen LogP contribution in [-0.4, -0.2) is 55.1 Å². The number of piperazine rings is 1. The lowest BCUT2D eigenvalue weighted by molar-refractivity contribution is -0.120. The molecule has 4 rings (SSSR count). The number of rotatable bonds is 3. The molecule has 2 aliphatic rings. The minimum absolute atomic E-state index is 0.0210. The normalized spacial score (nSPS) is 18.8. The Morgan fingerprint density at radius 2 is 1.85 bits per heavy atom. The highest BCUT2D eigenvalue weighted by Crippen LogP contribution is 2.19. The van der Waals surface area contributed by atoms with E-state index in [1.165, 1.54) is 0 Å². The highest BCUT2D eigenvalue weighted by molar-refractivity contribution is 5.95. The van der Waals surface area contributed by atoms with Gasteiger partial charge < -0.3 is 20.9 Å². The molecule has 1 aromatic carbocycles. The van der Waals surface area contributed by atoms with Gasteiger partial charge in [-0.2, -0.15) is 0 Å². The van der Waals surface area contributed by atoms with E-state index in [9.17, 15) is 9.59 Å². The van der Waals surface area contributed by atoms with E-state index in [2.05, 4.69) is 30.8 Å². The van der Waals surface area contributed by atoms with Crippen molar-refractivity contribution in [2.75, 3.05) is 49.5 Å². The third-order valence-corrected chi connectivity index (χ3v) is 5.09. The van der Waals surface area contributed by atoms with E-state index >= 15 is 0 Å². The van der Waals surface area contributed by atoms with Crippen LogP contribution < -0.4 is 26.4 Å². The SMILES string of the molecule is O=C(Nc1ccc2nc(N3CCNCC3)[nH]c(=O)c2c1)C1CCNCC1. The van der Waals surface area contributed by atoms with Gasteiger partial charge in [0.2, 0.25) is 11.9 Å². The first-order valence-electron chi connectivity index (χ1n) is 9.22. The first-order chi connectivity index (χ1) is 12.7. The van der Waals surface area contributed by atoms with E-state index in [1.54, 1.807) is 12.1 Å². The Kier molecular flexibility index (Phi) is 4.85. The monoisotopic (exact) mass is 356 g/mol. The fourth-order valence-corrected chi connectivity index (χ4v) is 3.56. The van der Waals surface area contributed by atoms with Crippen molar-refractivity contribution in [3.8, 4) is 0 Å². The molecule has 138 valence electrons. The number of piperidine rings is 1. The topological polar surface area (TPSA) is 102 Å². The summed E-state index contributed by atoms with van der Waals surface area (Å²) in [6.07, 6.45) is 1.69. The minimum Gasteiger partial charge on any atom is -0.340 e.